The Morgan fingerprint density at radius 2 is 1.92 bits per heavy atom. The lowest BCUT2D eigenvalue weighted by molar-refractivity contribution is -0.147. The van der Waals surface area contributed by atoms with E-state index in [0.717, 1.165) is 24.8 Å². The van der Waals surface area contributed by atoms with E-state index in [2.05, 4.69) is 10.0 Å². The molecule has 2 saturated carbocycles. The first-order valence-electron chi connectivity index (χ1n) is 16.8. The van der Waals surface area contributed by atoms with Gasteiger partial charge in [-0.15, -0.1) is 0 Å². The minimum atomic E-state index is -3.84. The summed E-state index contributed by atoms with van der Waals surface area (Å²) in [6.07, 6.45) is 6.06. The minimum absolute atomic E-state index is 0.0915. The first kappa shape index (κ1) is 33.5. The van der Waals surface area contributed by atoms with Gasteiger partial charge in [-0.1, -0.05) is 60.2 Å². The van der Waals surface area contributed by atoms with Gasteiger partial charge in [-0.25, -0.2) is 13.4 Å². The number of benzene rings is 2. The zero-order valence-corrected chi connectivity index (χ0v) is 28.7. The first-order chi connectivity index (χ1) is 23.6. The summed E-state index contributed by atoms with van der Waals surface area (Å²) >= 11 is 6.59. The van der Waals surface area contributed by atoms with Gasteiger partial charge < -0.3 is 19.7 Å². The number of sulfonamides is 1. The number of amides is 3. The van der Waals surface area contributed by atoms with Crippen molar-refractivity contribution in [1.82, 2.24) is 19.9 Å². The average Bonchev–Trinajstić information content (AvgIpc) is 4.01. The highest BCUT2D eigenvalue weighted by Crippen LogP contribution is 2.46. The molecule has 3 amide bonds. The minimum Gasteiger partial charge on any atom is -0.488 e. The lowest BCUT2D eigenvalue weighted by Crippen LogP contribution is -2.57. The molecule has 13 heteroatoms. The van der Waals surface area contributed by atoms with E-state index in [1.54, 1.807) is 13.0 Å². The molecule has 2 aliphatic carbocycles. The summed E-state index contributed by atoms with van der Waals surface area (Å²) in [6, 6.07) is 15.9. The average molecular weight is 707 g/mol. The van der Waals surface area contributed by atoms with Gasteiger partial charge in [0.05, 0.1) is 28.0 Å². The Balaban J connectivity index is 1.19. The van der Waals surface area contributed by atoms with Gasteiger partial charge in [-0.2, -0.15) is 0 Å². The Morgan fingerprint density at radius 1 is 1.12 bits per heavy atom. The molecule has 0 unspecified atom stereocenters. The monoisotopic (exact) mass is 706 g/mol. The summed E-state index contributed by atoms with van der Waals surface area (Å²) in [5, 5.41) is 3.44. The molecule has 2 aromatic carbocycles. The van der Waals surface area contributed by atoms with Gasteiger partial charge in [0, 0.05) is 36.0 Å². The summed E-state index contributed by atoms with van der Waals surface area (Å²) in [5.41, 5.74) is 0.649. The number of hydrogen-bond acceptors (Lipinski definition) is 8. The van der Waals surface area contributed by atoms with Crippen molar-refractivity contribution in [2.45, 2.75) is 80.9 Å². The number of halogens is 1. The standard InChI is InChI=1S/C36H39ClN4O7S/c1-22-34(43)41-21-25(48-31-19-29(23-10-5-4-6-11-23)38-32-27(31)13-9-14-28(32)37)18-30(41)33(42)39-36(35(44)40-49(45,46)26-15-16-26)20-24(36)12-7-2-3-8-17-47-22/h4-7,9-14,19,22,24-26,30H,2-3,8,15-18,20-21H2,1H3,(H,39,42)(H,40,44)/b12-7-/t22-,24-,25-,30+,36-/m1/s1. The predicted octanol–water partition coefficient (Wildman–Crippen LogP) is 4.53. The molecular weight excluding hydrogens is 668 g/mol. The Hall–Kier alpha value is -4.00. The van der Waals surface area contributed by atoms with Gasteiger partial charge in [0.2, 0.25) is 15.9 Å². The van der Waals surface area contributed by atoms with Crippen LogP contribution < -0.4 is 14.8 Å². The van der Waals surface area contributed by atoms with Crippen molar-refractivity contribution in [3.8, 4) is 17.0 Å². The van der Waals surface area contributed by atoms with Crippen LogP contribution in [0.1, 0.15) is 51.9 Å². The van der Waals surface area contributed by atoms with Crippen LogP contribution in [0, 0.1) is 5.92 Å². The van der Waals surface area contributed by atoms with E-state index in [1.807, 2.05) is 60.7 Å². The first-order valence-corrected chi connectivity index (χ1v) is 18.8. The summed E-state index contributed by atoms with van der Waals surface area (Å²) in [5.74, 6) is -1.54. The lowest BCUT2D eigenvalue weighted by atomic mass is 10.1. The van der Waals surface area contributed by atoms with Crippen LogP contribution in [-0.2, 0) is 29.1 Å². The Bertz CT molecular complexity index is 1920. The highest BCUT2D eigenvalue weighted by molar-refractivity contribution is 7.91. The third-order valence-electron chi connectivity index (χ3n) is 9.78. The molecule has 11 nitrogen and oxygen atoms in total. The van der Waals surface area contributed by atoms with Gasteiger partial charge in [0.15, 0.2) is 0 Å². The van der Waals surface area contributed by atoms with E-state index in [4.69, 9.17) is 26.1 Å². The number of para-hydroxylation sites is 1. The number of aromatic nitrogens is 1. The SMILES string of the molecule is C[C@H]1OCCCC/C=C\[C@@H]2C[C@@]2(C(=O)NS(=O)(=O)C2CC2)NC(=O)[C@@H]2C[C@@H](Oc3cc(-c4ccccc4)nc4c(Cl)cccc34)CN2C1=O. The van der Waals surface area contributed by atoms with E-state index >= 15 is 0 Å². The summed E-state index contributed by atoms with van der Waals surface area (Å²) in [4.78, 5) is 47.8. The third-order valence-corrected chi connectivity index (χ3v) is 11.9. The molecule has 2 N–H and O–H groups in total. The second-order valence-electron chi connectivity index (χ2n) is 13.4. The van der Waals surface area contributed by atoms with Crippen molar-refractivity contribution in [2.24, 2.45) is 5.92 Å². The van der Waals surface area contributed by atoms with E-state index in [9.17, 15) is 22.8 Å². The van der Waals surface area contributed by atoms with Crippen LogP contribution in [0.2, 0.25) is 5.02 Å². The molecule has 7 rings (SSSR count). The molecule has 1 aromatic heterocycles. The highest BCUT2D eigenvalue weighted by atomic mass is 35.5. The van der Waals surface area contributed by atoms with Gasteiger partial charge in [-0.05, 0) is 57.6 Å². The van der Waals surface area contributed by atoms with Gasteiger partial charge >= 0.3 is 0 Å². The van der Waals surface area contributed by atoms with Gasteiger partial charge in [-0.3, -0.25) is 19.1 Å². The maximum absolute atomic E-state index is 14.2. The number of carbonyl (C=O) groups excluding carboxylic acids is 3. The summed E-state index contributed by atoms with van der Waals surface area (Å²) < 4.78 is 40.2. The van der Waals surface area contributed by atoms with Crippen LogP contribution in [0.5, 0.6) is 5.75 Å². The van der Waals surface area contributed by atoms with E-state index < -0.39 is 50.9 Å². The Labute approximate surface area is 290 Å². The molecule has 1 saturated heterocycles. The second kappa shape index (κ2) is 13.4. The fraction of sp³-hybridized carbons (Fsp3) is 0.444. The number of carbonyl (C=O) groups is 3. The van der Waals surface area contributed by atoms with Crippen molar-refractivity contribution in [3.63, 3.8) is 0 Å². The van der Waals surface area contributed by atoms with Crippen LogP contribution in [0.15, 0.2) is 66.7 Å². The number of nitrogens with one attached hydrogen (secondary N) is 2. The van der Waals surface area contributed by atoms with Crippen LogP contribution in [0.3, 0.4) is 0 Å². The molecule has 3 heterocycles. The number of pyridine rings is 1. The number of nitrogens with zero attached hydrogens (tertiary/aromatic N) is 2. The van der Waals surface area contributed by atoms with Crippen molar-refractivity contribution >= 4 is 50.2 Å². The summed E-state index contributed by atoms with van der Waals surface area (Å²) in [6.45, 7) is 2.14. The van der Waals surface area contributed by atoms with Crippen molar-refractivity contribution in [2.75, 3.05) is 13.2 Å². The summed E-state index contributed by atoms with van der Waals surface area (Å²) in [7, 11) is -3.84. The van der Waals surface area contributed by atoms with E-state index in [-0.39, 0.29) is 31.2 Å². The quantitative estimate of drug-likeness (QED) is 0.356. The maximum Gasteiger partial charge on any atom is 0.259 e. The molecule has 49 heavy (non-hydrogen) atoms. The zero-order chi connectivity index (χ0) is 34.3. The Kier molecular flexibility index (Phi) is 9.14. The van der Waals surface area contributed by atoms with E-state index in [1.165, 1.54) is 4.90 Å². The van der Waals surface area contributed by atoms with Gasteiger partial charge in [0.1, 0.15) is 29.5 Å². The van der Waals surface area contributed by atoms with Crippen LogP contribution in [-0.4, -0.2) is 78.2 Å². The third kappa shape index (κ3) is 6.91. The molecule has 2 aliphatic heterocycles. The maximum atomic E-state index is 14.2. The molecule has 3 fully saturated rings. The lowest BCUT2D eigenvalue weighted by Gasteiger charge is -2.28. The number of allylic oxidation sites excluding steroid dienone is 1. The molecule has 4 aliphatic rings. The molecule has 5 atom stereocenters. The van der Waals surface area contributed by atoms with Crippen molar-refractivity contribution in [3.05, 3.63) is 71.8 Å². The largest absolute Gasteiger partial charge is 0.488 e. The predicted molar refractivity (Wildman–Crippen MR) is 184 cm³/mol. The molecule has 3 aromatic rings. The number of rotatable bonds is 6. The second-order valence-corrected chi connectivity index (χ2v) is 15.7. The van der Waals surface area contributed by atoms with Crippen molar-refractivity contribution in [1.29, 1.82) is 0 Å². The highest BCUT2D eigenvalue weighted by Gasteiger charge is 2.62. The number of fused-ring (bicyclic) bond motifs is 3. The van der Waals surface area contributed by atoms with Gasteiger partial charge in [0.25, 0.3) is 11.8 Å². The van der Waals surface area contributed by atoms with Crippen LogP contribution >= 0.6 is 11.6 Å². The normalized spacial score (nSPS) is 28.4. The fourth-order valence-electron chi connectivity index (χ4n) is 6.75. The van der Waals surface area contributed by atoms with Crippen LogP contribution in [0.25, 0.3) is 22.2 Å². The molecule has 0 radical (unpaired) electrons. The van der Waals surface area contributed by atoms with Crippen LogP contribution in [0.4, 0.5) is 0 Å². The molecular formula is C36H39ClN4O7S. The zero-order valence-electron chi connectivity index (χ0n) is 27.1. The smallest absolute Gasteiger partial charge is 0.259 e. The number of ether oxygens (including phenoxy) is 2. The molecule has 0 spiro atoms. The molecule has 258 valence electrons. The fourth-order valence-corrected chi connectivity index (χ4v) is 8.33. The molecule has 0 bridgehead atoms. The van der Waals surface area contributed by atoms with Crippen molar-refractivity contribution < 1.29 is 32.3 Å². The number of hydrogen-bond donors (Lipinski definition) is 2. The van der Waals surface area contributed by atoms with E-state index in [0.29, 0.717) is 46.8 Å². The topological polar surface area (TPSA) is 144 Å². The Morgan fingerprint density at radius 3 is 2.69 bits per heavy atom.